The van der Waals surface area contributed by atoms with Crippen LogP contribution in [0, 0.1) is 0 Å². The Morgan fingerprint density at radius 2 is 1.88 bits per heavy atom. The molecule has 0 radical (unpaired) electrons. The molecule has 0 N–H and O–H groups in total. The Morgan fingerprint density at radius 3 is 2.48 bits per heavy atom. The van der Waals surface area contributed by atoms with Gasteiger partial charge < -0.3 is 9.26 Å². The van der Waals surface area contributed by atoms with Gasteiger partial charge in [-0.1, -0.05) is 16.9 Å². The first-order valence-corrected chi connectivity index (χ1v) is 8.07. The van der Waals surface area contributed by atoms with Gasteiger partial charge in [0.2, 0.25) is 0 Å². The monoisotopic (exact) mass is 367 g/mol. The minimum Gasteiger partial charge on any atom is -0.497 e. The minimum absolute atomic E-state index is 0.331. The van der Waals surface area contributed by atoms with Crippen molar-refractivity contribution in [3.8, 4) is 17.2 Å². The highest BCUT2D eigenvalue weighted by Gasteiger charge is 2.30. The molecule has 130 valence electrons. The predicted octanol–water partition coefficient (Wildman–Crippen LogP) is 4.45. The summed E-state index contributed by atoms with van der Waals surface area (Å²) in [5.41, 5.74) is -0.0320. The average Bonchev–Trinajstić information content (AvgIpc) is 3.09. The number of halogens is 3. The molecule has 2 heterocycles. The highest BCUT2D eigenvalue weighted by molar-refractivity contribution is 7.98. The highest BCUT2D eigenvalue weighted by Crippen LogP contribution is 2.30. The van der Waals surface area contributed by atoms with Crippen molar-refractivity contribution in [1.82, 2.24) is 15.1 Å². The van der Waals surface area contributed by atoms with Crippen LogP contribution < -0.4 is 4.74 Å². The van der Waals surface area contributed by atoms with Gasteiger partial charge in [0.25, 0.3) is 5.89 Å². The first-order chi connectivity index (χ1) is 12.0. The predicted molar refractivity (Wildman–Crippen MR) is 85.1 cm³/mol. The summed E-state index contributed by atoms with van der Waals surface area (Å²) in [7, 11) is 1.58. The smallest absolute Gasteiger partial charge is 0.417 e. The zero-order chi connectivity index (χ0) is 17.9. The second-order valence-electron chi connectivity index (χ2n) is 4.92. The Kier molecular flexibility index (Phi) is 4.93. The molecule has 3 aromatic rings. The molecule has 25 heavy (non-hydrogen) atoms. The minimum atomic E-state index is -4.39. The van der Waals surface area contributed by atoms with Crippen LogP contribution in [-0.2, 0) is 11.9 Å². The molecule has 1 aromatic carbocycles. The summed E-state index contributed by atoms with van der Waals surface area (Å²) < 4.78 is 47.8. The Morgan fingerprint density at radius 1 is 1.12 bits per heavy atom. The third kappa shape index (κ3) is 4.30. The van der Waals surface area contributed by atoms with E-state index in [-0.39, 0.29) is 0 Å². The number of ether oxygens (including phenoxy) is 1. The number of hydrogen-bond donors (Lipinski definition) is 0. The lowest BCUT2D eigenvalue weighted by Gasteiger charge is -2.05. The molecule has 0 saturated carbocycles. The normalized spacial score (nSPS) is 11.5. The summed E-state index contributed by atoms with van der Waals surface area (Å²) in [5.74, 6) is 1.83. The summed E-state index contributed by atoms with van der Waals surface area (Å²) in [6.45, 7) is 0. The van der Waals surface area contributed by atoms with Gasteiger partial charge in [-0.2, -0.15) is 18.2 Å². The molecule has 0 spiro atoms. The van der Waals surface area contributed by atoms with E-state index in [0.717, 1.165) is 17.8 Å². The Bertz CT molecular complexity index is 833. The van der Waals surface area contributed by atoms with Gasteiger partial charge in [-0.25, -0.2) is 4.98 Å². The van der Waals surface area contributed by atoms with Crippen LogP contribution in [0.3, 0.4) is 0 Å². The van der Waals surface area contributed by atoms with Crippen LogP contribution in [0.5, 0.6) is 5.75 Å². The van der Waals surface area contributed by atoms with Crippen molar-refractivity contribution in [2.75, 3.05) is 7.11 Å². The van der Waals surface area contributed by atoms with E-state index in [1.54, 1.807) is 31.4 Å². The van der Waals surface area contributed by atoms with Crippen molar-refractivity contribution in [3.05, 3.63) is 54.0 Å². The molecule has 3 rings (SSSR count). The number of hydrogen-bond acceptors (Lipinski definition) is 6. The third-order valence-electron chi connectivity index (χ3n) is 3.22. The molecule has 0 unspecified atom stereocenters. The number of nitrogens with zero attached hydrogens (tertiary/aromatic N) is 3. The van der Waals surface area contributed by atoms with Gasteiger partial charge in [0.15, 0.2) is 5.82 Å². The fraction of sp³-hybridized carbons (Fsp3) is 0.188. The topological polar surface area (TPSA) is 61.0 Å². The molecular weight excluding hydrogens is 355 g/mol. The van der Waals surface area contributed by atoms with E-state index in [9.17, 15) is 13.2 Å². The Hall–Kier alpha value is -2.55. The molecule has 0 bridgehead atoms. The molecule has 0 aliphatic carbocycles. The quantitative estimate of drug-likeness (QED) is 0.621. The summed E-state index contributed by atoms with van der Waals surface area (Å²) in [6.07, 6.45) is -3.58. The summed E-state index contributed by atoms with van der Waals surface area (Å²) in [4.78, 5) is 8.05. The van der Waals surface area contributed by atoms with Crippen LogP contribution in [0.1, 0.15) is 11.4 Å². The van der Waals surface area contributed by atoms with E-state index in [1.165, 1.54) is 17.8 Å². The Labute approximate surface area is 145 Å². The molecule has 0 atom stereocenters. The van der Waals surface area contributed by atoms with Gasteiger partial charge >= 0.3 is 6.18 Å². The number of rotatable bonds is 5. The molecule has 2 aromatic heterocycles. The average molecular weight is 367 g/mol. The Balaban J connectivity index is 1.63. The summed E-state index contributed by atoms with van der Waals surface area (Å²) in [6, 6.07) is 9.45. The molecular formula is C16H12F3N3O2S. The lowest BCUT2D eigenvalue weighted by atomic mass is 10.2. The molecule has 5 nitrogen and oxygen atoms in total. The standard InChI is InChI=1S/C16H12F3N3O2S/c1-23-12-5-2-10(3-6-12)15-21-13(22-24-15)9-25-14-7-4-11(8-20-14)16(17,18)19/h2-8H,9H2,1H3. The number of pyridine rings is 1. The van der Waals surface area contributed by atoms with Crippen LogP contribution in [0.15, 0.2) is 52.1 Å². The van der Waals surface area contributed by atoms with Crippen molar-refractivity contribution in [2.45, 2.75) is 17.0 Å². The van der Waals surface area contributed by atoms with Gasteiger partial charge in [0.1, 0.15) is 5.75 Å². The molecule has 0 fully saturated rings. The van der Waals surface area contributed by atoms with Crippen LogP contribution in [-0.4, -0.2) is 22.2 Å². The fourth-order valence-electron chi connectivity index (χ4n) is 1.94. The van der Waals surface area contributed by atoms with Crippen molar-refractivity contribution >= 4 is 11.8 Å². The molecule has 0 aliphatic heterocycles. The van der Waals surface area contributed by atoms with E-state index in [0.29, 0.717) is 28.2 Å². The van der Waals surface area contributed by atoms with Crippen LogP contribution in [0.2, 0.25) is 0 Å². The molecule has 9 heteroatoms. The second-order valence-corrected chi connectivity index (χ2v) is 5.91. The first-order valence-electron chi connectivity index (χ1n) is 7.09. The zero-order valence-corrected chi connectivity index (χ0v) is 13.8. The van der Waals surface area contributed by atoms with Crippen molar-refractivity contribution < 1.29 is 22.4 Å². The van der Waals surface area contributed by atoms with E-state index < -0.39 is 11.7 Å². The largest absolute Gasteiger partial charge is 0.497 e. The second kappa shape index (κ2) is 7.14. The van der Waals surface area contributed by atoms with Gasteiger partial charge in [-0.3, -0.25) is 0 Å². The van der Waals surface area contributed by atoms with Gasteiger partial charge in [-0.05, 0) is 36.4 Å². The van der Waals surface area contributed by atoms with E-state index in [1.807, 2.05) is 0 Å². The highest BCUT2D eigenvalue weighted by atomic mass is 32.2. The molecule has 0 saturated heterocycles. The van der Waals surface area contributed by atoms with Gasteiger partial charge in [-0.15, -0.1) is 0 Å². The number of benzene rings is 1. The van der Waals surface area contributed by atoms with Crippen molar-refractivity contribution in [3.63, 3.8) is 0 Å². The van der Waals surface area contributed by atoms with E-state index in [2.05, 4.69) is 15.1 Å². The fourth-order valence-corrected chi connectivity index (χ4v) is 2.62. The first kappa shape index (κ1) is 17.3. The van der Waals surface area contributed by atoms with Gasteiger partial charge in [0.05, 0.1) is 23.5 Å². The number of aromatic nitrogens is 3. The SMILES string of the molecule is COc1ccc(-c2nc(CSc3ccc(C(F)(F)F)cn3)no2)cc1. The van der Waals surface area contributed by atoms with Crippen LogP contribution in [0.4, 0.5) is 13.2 Å². The number of methoxy groups -OCH3 is 1. The van der Waals surface area contributed by atoms with Crippen LogP contribution in [0.25, 0.3) is 11.5 Å². The zero-order valence-electron chi connectivity index (χ0n) is 12.9. The third-order valence-corrected chi connectivity index (χ3v) is 4.16. The maximum atomic E-state index is 12.5. The number of thioether (sulfide) groups is 1. The lowest BCUT2D eigenvalue weighted by molar-refractivity contribution is -0.137. The lowest BCUT2D eigenvalue weighted by Crippen LogP contribution is -2.05. The maximum absolute atomic E-state index is 12.5. The van der Waals surface area contributed by atoms with Crippen molar-refractivity contribution in [1.29, 1.82) is 0 Å². The molecule has 0 amide bonds. The maximum Gasteiger partial charge on any atom is 0.417 e. The summed E-state index contributed by atoms with van der Waals surface area (Å²) in [5, 5.41) is 4.31. The van der Waals surface area contributed by atoms with Crippen LogP contribution >= 0.6 is 11.8 Å². The van der Waals surface area contributed by atoms with Gasteiger partial charge in [0, 0.05) is 11.8 Å². The van der Waals surface area contributed by atoms with E-state index >= 15 is 0 Å². The number of alkyl halides is 3. The van der Waals surface area contributed by atoms with E-state index in [4.69, 9.17) is 9.26 Å². The summed E-state index contributed by atoms with van der Waals surface area (Å²) >= 11 is 1.22. The molecule has 0 aliphatic rings. The van der Waals surface area contributed by atoms with Crippen molar-refractivity contribution in [2.24, 2.45) is 0 Å².